The molecule has 0 aromatic heterocycles. The molecule has 118 valence electrons. The zero-order valence-electron chi connectivity index (χ0n) is 13.4. The van der Waals surface area contributed by atoms with Crippen LogP contribution in [0.4, 0.5) is 0 Å². The summed E-state index contributed by atoms with van der Waals surface area (Å²) < 4.78 is 0. The van der Waals surface area contributed by atoms with Crippen molar-refractivity contribution in [1.29, 1.82) is 0 Å². The lowest BCUT2D eigenvalue weighted by Gasteiger charge is -2.13. The molecule has 0 saturated heterocycles. The minimum atomic E-state index is -0.659. The van der Waals surface area contributed by atoms with Crippen molar-refractivity contribution in [2.75, 3.05) is 0 Å². The summed E-state index contributed by atoms with van der Waals surface area (Å²) in [4.78, 5) is 25.5. The van der Waals surface area contributed by atoms with Crippen LogP contribution >= 0.6 is 0 Å². The normalized spacial score (nSPS) is 11.0. The molecule has 2 nitrogen and oxygen atoms in total. The van der Waals surface area contributed by atoms with Crippen molar-refractivity contribution in [2.24, 2.45) is 5.92 Å². The molecule has 0 atom stereocenters. The number of carbonyl (C=O) groups excluding carboxylic acids is 2. The second-order valence-corrected chi connectivity index (χ2v) is 5.51. The topological polar surface area (TPSA) is 34.1 Å². The third kappa shape index (κ3) is 4.75. The Labute approximate surface area is 137 Å². The quantitative estimate of drug-likeness (QED) is 0.385. The van der Waals surface area contributed by atoms with E-state index in [2.05, 4.69) is 6.92 Å². The van der Waals surface area contributed by atoms with Gasteiger partial charge in [-0.2, -0.15) is 0 Å². The molecule has 0 saturated carbocycles. The van der Waals surface area contributed by atoms with Crippen molar-refractivity contribution in [3.8, 4) is 0 Å². The summed E-state index contributed by atoms with van der Waals surface area (Å²) in [5, 5.41) is 0. The summed E-state index contributed by atoms with van der Waals surface area (Å²) in [5.41, 5.74) is 1.18. The Morgan fingerprint density at radius 3 is 1.74 bits per heavy atom. The van der Waals surface area contributed by atoms with Crippen molar-refractivity contribution in [1.82, 2.24) is 0 Å². The predicted octanol–water partition coefficient (Wildman–Crippen LogP) is 5.11. The van der Waals surface area contributed by atoms with Crippen molar-refractivity contribution in [3.05, 3.63) is 83.9 Å². The molecule has 2 aromatic carbocycles. The van der Waals surface area contributed by atoms with E-state index in [0.29, 0.717) is 17.5 Å². The Hall–Kier alpha value is -2.48. The molecular formula is C21H22O2. The van der Waals surface area contributed by atoms with E-state index >= 15 is 0 Å². The molecule has 23 heavy (non-hydrogen) atoms. The zero-order valence-corrected chi connectivity index (χ0v) is 13.4. The third-order valence-corrected chi connectivity index (χ3v) is 3.74. The minimum Gasteiger partial charge on any atom is -0.293 e. The number of hydrogen-bond acceptors (Lipinski definition) is 2. The highest BCUT2D eigenvalue weighted by Gasteiger charge is 2.27. The van der Waals surface area contributed by atoms with Gasteiger partial charge in [-0.1, -0.05) is 86.2 Å². The fourth-order valence-corrected chi connectivity index (χ4v) is 2.46. The predicted molar refractivity (Wildman–Crippen MR) is 93.7 cm³/mol. The fraction of sp³-hybridized carbons (Fsp3) is 0.238. The second-order valence-electron chi connectivity index (χ2n) is 5.51. The van der Waals surface area contributed by atoms with Gasteiger partial charge in [-0.05, 0) is 12.8 Å². The molecule has 0 bridgehead atoms. The van der Waals surface area contributed by atoms with E-state index < -0.39 is 5.92 Å². The molecule has 0 radical (unpaired) electrons. The number of unbranched alkanes of at least 4 members (excludes halogenated alkanes) is 1. The molecule has 2 heteroatoms. The van der Waals surface area contributed by atoms with Gasteiger partial charge in [-0.15, -0.1) is 0 Å². The van der Waals surface area contributed by atoms with Gasteiger partial charge in [0.15, 0.2) is 11.6 Å². The molecule has 2 rings (SSSR count). The molecule has 2 aromatic rings. The third-order valence-electron chi connectivity index (χ3n) is 3.74. The van der Waals surface area contributed by atoms with Crippen LogP contribution in [-0.4, -0.2) is 11.6 Å². The van der Waals surface area contributed by atoms with Gasteiger partial charge >= 0.3 is 0 Å². The van der Waals surface area contributed by atoms with Crippen molar-refractivity contribution in [2.45, 2.75) is 26.2 Å². The van der Waals surface area contributed by atoms with E-state index in [0.717, 1.165) is 12.8 Å². The maximum atomic E-state index is 12.8. The maximum Gasteiger partial charge on any atom is 0.174 e. The summed E-state index contributed by atoms with van der Waals surface area (Å²) in [5.74, 6) is -0.880. The Morgan fingerprint density at radius 2 is 1.30 bits per heavy atom. The molecule has 0 unspecified atom stereocenters. The van der Waals surface area contributed by atoms with Crippen LogP contribution in [0, 0.1) is 5.92 Å². The first-order chi connectivity index (χ1) is 11.2. The van der Waals surface area contributed by atoms with Crippen molar-refractivity contribution < 1.29 is 9.59 Å². The fourth-order valence-electron chi connectivity index (χ4n) is 2.46. The minimum absolute atomic E-state index is 0.111. The molecular weight excluding hydrogens is 284 g/mol. The Morgan fingerprint density at radius 1 is 0.826 bits per heavy atom. The van der Waals surface area contributed by atoms with Crippen molar-refractivity contribution >= 4 is 11.6 Å². The highest BCUT2D eigenvalue weighted by molar-refractivity contribution is 6.16. The van der Waals surface area contributed by atoms with Gasteiger partial charge in [0.2, 0.25) is 0 Å². The van der Waals surface area contributed by atoms with Crippen LogP contribution in [0.2, 0.25) is 0 Å². The largest absolute Gasteiger partial charge is 0.293 e. The molecule has 0 aliphatic heterocycles. The van der Waals surface area contributed by atoms with Gasteiger partial charge in [0.05, 0.1) is 5.92 Å². The Kier molecular flexibility index (Phi) is 6.49. The van der Waals surface area contributed by atoms with Gasteiger partial charge in [0, 0.05) is 11.1 Å². The van der Waals surface area contributed by atoms with Crippen LogP contribution in [-0.2, 0) is 0 Å². The highest BCUT2D eigenvalue weighted by atomic mass is 16.1. The zero-order chi connectivity index (χ0) is 16.5. The number of allylic oxidation sites excluding steroid dienone is 2. The molecule has 0 amide bonds. The number of carbonyl (C=O) groups is 2. The Bertz CT molecular complexity index is 605. The van der Waals surface area contributed by atoms with Crippen LogP contribution in [0.3, 0.4) is 0 Å². The molecule has 0 N–H and O–H groups in total. The van der Waals surface area contributed by atoms with Gasteiger partial charge in [0.1, 0.15) is 0 Å². The van der Waals surface area contributed by atoms with Gasteiger partial charge in [-0.25, -0.2) is 0 Å². The molecule has 0 fully saturated rings. The summed E-state index contributed by atoms with van der Waals surface area (Å²) in [6, 6.07) is 18.1. The van der Waals surface area contributed by atoms with E-state index in [1.807, 2.05) is 48.6 Å². The van der Waals surface area contributed by atoms with Crippen LogP contribution in [0.1, 0.15) is 46.9 Å². The second kappa shape index (κ2) is 8.84. The van der Waals surface area contributed by atoms with E-state index in [1.165, 1.54) is 0 Å². The van der Waals surface area contributed by atoms with Gasteiger partial charge < -0.3 is 0 Å². The first kappa shape index (κ1) is 16.9. The number of rotatable bonds is 8. The first-order valence-corrected chi connectivity index (χ1v) is 8.07. The van der Waals surface area contributed by atoms with E-state index in [-0.39, 0.29) is 11.6 Å². The average molecular weight is 306 g/mol. The summed E-state index contributed by atoms with van der Waals surface area (Å²) in [7, 11) is 0. The van der Waals surface area contributed by atoms with Gasteiger partial charge in [0.25, 0.3) is 0 Å². The van der Waals surface area contributed by atoms with Crippen LogP contribution in [0.15, 0.2) is 72.8 Å². The Balaban J connectivity index is 2.24. The lowest BCUT2D eigenvalue weighted by molar-refractivity contribution is 0.0809. The molecule has 0 spiro atoms. The molecule has 0 heterocycles. The van der Waals surface area contributed by atoms with Crippen LogP contribution < -0.4 is 0 Å². The number of Topliss-reactive ketones (excluding diaryl/α,β-unsaturated/α-hetero) is 2. The van der Waals surface area contributed by atoms with E-state index in [1.54, 1.807) is 24.3 Å². The number of benzene rings is 2. The summed E-state index contributed by atoms with van der Waals surface area (Å²) >= 11 is 0. The van der Waals surface area contributed by atoms with Gasteiger partial charge in [-0.3, -0.25) is 9.59 Å². The van der Waals surface area contributed by atoms with Crippen LogP contribution in [0.25, 0.3) is 0 Å². The lowest BCUT2D eigenvalue weighted by atomic mass is 9.87. The SMILES string of the molecule is CCC/C=C/CC(C(=O)c1ccccc1)C(=O)c1ccccc1. The molecule has 0 aliphatic rings. The number of hydrogen-bond donors (Lipinski definition) is 0. The molecule has 0 aliphatic carbocycles. The van der Waals surface area contributed by atoms with Crippen molar-refractivity contribution in [3.63, 3.8) is 0 Å². The lowest BCUT2D eigenvalue weighted by Crippen LogP contribution is -2.24. The van der Waals surface area contributed by atoms with E-state index in [9.17, 15) is 9.59 Å². The highest BCUT2D eigenvalue weighted by Crippen LogP contribution is 2.19. The monoisotopic (exact) mass is 306 g/mol. The smallest absolute Gasteiger partial charge is 0.174 e. The summed E-state index contributed by atoms with van der Waals surface area (Å²) in [6.45, 7) is 2.10. The number of ketones is 2. The summed E-state index contributed by atoms with van der Waals surface area (Å²) in [6.07, 6.45) is 6.47. The van der Waals surface area contributed by atoms with E-state index in [4.69, 9.17) is 0 Å². The standard InChI is InChI=1S/C21H22O2/c1-2-3-4-11-16-19(20(22)17-12-7-5-8-13-17)21(23)18-14-9-6-10-15-18/h4-15,19H,2-3,16H2,1H3/b11-4+. The van der Waals surface area contributed by atoms with Crippen LogP contribution in [0.5, 0.6) is 0 Å². The first-order valence-electron chi connectivity index (χ1n) is 8.07. The maximum absolute atomic E-state index is 12.8. The average Bonchev–Trinajstić information content (AvgIpc) is 2.62.